The summed E-state index contributed by atoms with van der Waals surface area (Å²) in [4.78, 5) is 23.2. The van der Waals surface area contributed by atoms with Gasteiger partial charge in [0.2, 0.25) is 0 Å². The largest absolute Gasteiger partial charge is 0.496 e. The summed E-state index contributed by atoms with van der Waals surface area (Å²) < 4.78 is 5.55. The average molecular weight is 345 g/mol. The van der Waals surface area contributed by atoms with Gasteiger partial charge in [0.1, 0.15) is 11.4 Å². The minimum atomic E-state index is -0.176. The minimum absolute atomic E-state index is 0.111. The number of benzene rings is 2. The summed E-state index contributed by atoms with van der Waals surface area (Å²) >= 11 is 0. The summed E-state index contributed by atoms with van der Waals surface area (Å²) in [6.07, 6.45) is 5.38. The first kappa shape index (κ1) is 16.3. The highest BCUT2D eigenvalue weighted by Gasteiger charge is 2.34. The second kappa shape index (κ2) is 6.96. The number of carbonyl (C=O) groups excluding carboxylic acids is 1. The zero-order valence-electron chi connectivity index (χ0n) is 14.5. The Morgan fingerprint density at radius 3 is 2.69 bits per heavy atom. The molecule has 0 saturated heterocycles. The number of methoxy groups -OCH3 is 1. The molecule has 0 N–H and O–H groups in total. The van der Waals surface area contributed by atoms with E-state index in [0.717, 1.165) is 28.9 Å². The number of aromatic nitrogens is 2. The Bertz CT molecular complexity index is 913. The average Bonchev–Trinajstić information content (AvgIpc) is 2.73. The van der Waals surface area contributed by atoms with Crippen molar-refractivity contribution in [2.75, 3.05) is 13.7 Å². The van der Waals surface area contributed by atoms with Crippen molar-refractivity contribution >= 4 is 5.91 Å². The first-order chi connectivity index (χ1) is 12.8. The van der Waals surface area contributed by atoms with Crippen LogP contribution in [0.1, 0.15) is 33.2 Å². The van der Waals surface area contributed by atoms with Gasteiger partial charge in [0.05, 0.1) is 19.3 Å². The summed E-state index contributed by atoms with van der Waals surface area (Å²) in [5.74, 6) is 0.760. The minimum Gasteiger partial charge on any atom is -0.496 e. The molecule has 4 rings (SSSR count). The Morgan fingerprint density at radius 2 is 1.96 bits per heavy atom. The lowest BCUT2D eigenvalue weighted by molar-refractivity contribution is 0.0687. The monoisotopic (exact) mass is 345 g/mol. The van der Waals surface area contributed by atoms with Crippen LogP contribution in [0.25, 0.3) is 0 Å². The van der Waals surface area contributed by atoms with E-state index >= 15 is 0 Å². The molecule has 0 spiro atoms. The van der Waals surface area contributed by atoms with E-state index in [1.165, 1.54) is 6.20 Å². The molecule has 1 aliphatic rings. The third-order valence-corrected chi connectivity index (χ3v) is 4.76. The predicted molar refractivity (Wildman–Crippen MR) is 98.1 cm³/mol. The molecule has 2 aromatic carbocycles. The van der Waals surface area contributed by atoms with E-state index in [4.69, 9.17) is 4.74 Å². The molecule has 26 heavy (non-hydrogen) atoms. The molecule has 0 fully saturated rings. The summed E-state index contributed by atoms with van der Waals surface area (Å²) in [5.41, 5.74) is 3.69. The van der Waals surface area contributed by atoms with Crippen LogP contribution in [-0.4, -0.2) is 34.4 Å². The van der Waals surface area contributed by atoms with E-state index < -0.39 is 0 Å². The van der Waals surface area contributed by atoms with Crippen LogP contribution in [-0.2, 0) is 6.42 Å². The van der Waals surface area contributed by atoms with Crippen LogP contribution >= 0.6 is 0 Å². The Labute approximate surface area is 152 Å². The molecular weight excluding hydrogens is 326 g/mol. The summed E-state index contributed by atoms with van der Waals surface area (Å²) in [6.45, 7) is 0.600. The van der Waals surface area contributed by atoms with E-state index in [-0.39, 0.29) is 11.9 Å². The Morgan fingerprint density at radius 1 is 1.12 bits per heavy atom. The predicted octanol–water partition coefficient (Wildman–Crippen LogP) is 3.27. The fraction of sp³-hybridized carbons (Fsp3) is 0.190. The molecule has 1 amide bonds. The van der Waals surface area contributed by atoms with Crippen molar-refractivity contribution in [3.8, 4) is 5.75 Å². The van der Waals surface area contributed by atoms with Gasteiger partial charge in [-0.05, 0) is 23.6 Å². The molecule has 1 aliphatic heterocycles. The molecule has 3 aromatic rings. The van der Waals surface area contributed by atoms with Gasteiger partial charge < -0.3 is 9.64 Å². The third kappa shape index (κ3) is 2.81. The molecule has 1 unspecified atom stereocenters. The molecule has 0 saturated carbocycles. The van der Waals surface area contributed by atoms with Crippen LogP contribution in [0.5, 0.6) is 5.75 Å². The van der Waals surface area contributed by atoms with Crippen molar-refractivity contribution in [2.24, 2.45) is 0 Å². The van der Waals surface area contributed by atoms with Gasteiger partial charge in [0.15, 0.2) is 0 Å². The van der Waals surface area contributed by atoms with Crippen molar-refractivity contribution in [3.05, 3.63) is 89.5 Å². The highest BCUT2D eigenvalue weighted by molar-refractivity contribution is 5.92. The zero-order valence-corrected chi connectivity index (χ0v) is 14.5. The van der Waals surface area contributed by atoms with Gasteiger partial charge >= 0.3 is 0 Å². The number of hydrogen-bond acceptors (Lipinski definition) is 4. The van der Waals surface area contributed by atoms with Crippen molar-refractivity contribution in [2.45, 2.75) is 12.5 Å². The lowest BCUT2D eigenvalue weighted by atomic mass is 9.87. The summed E-state index contributed by atoms with van der Waals surface area (Å²) in [5, 5.41) is 0. The normalized spacial score (nSPS) is 16.0. The van der Waals surface area contributed by atoms with Gasteiger partial charge in [-0.15, -0.1) is 0 Å². The topological polar surface area (TPSA) is 55.3 Å². The van der Waals surface area contributed by atoms with Crippen molar-refractivity contribution in [1.29, 1.82) is 0 Å². The van der Waals surface area contributed by atoms with Crippen molar-refractivity contribution in [3.63, 3.8) is 0 Å². The quantitative estimate of drug-likeness (QED) is 0.731. The van der Waals surface area contributed by atoms with E-state index in [9.17, 15) is 4.79 Å². The first-order valence-corrected chi connectivity index (χ1v) is 8.57. The molecule has 0 radical (unpaired) electrons. The van der Waals surface area contributed by atoms with Crippen LogP contribution in [0, 0.1) is 0 Å². The van der Waals surface area contributed by atoms with Gasteiger partial charge in [-0.3, -0.25) is 9.78 Å². The number of rotatable bonds is 3. The first-order valence-electron chi connectivity index (χ1n) is 8.57. The van der Waals surface area contributed by atoms with Crippen molar-refractivity contribution < 1.29 is 9.53 Å². The Balaban J connectivity index is 1.83. The van der Waals surface area contributed by atoms with Crippen LogP contribution in [0.4, 0.5) is 0 Å². The Kier molecular flexibility index (Phi) is 4.35. The molecule has 5 nitrogen and oxygen atoms in total. The number of amides is 1. The Hall–Kier alpha value is -3.21. The molecule has 2 heterocycles. The fourth-order valence-electron chi connectivity index (χ4n) is 3.60. The lowest BCUT2D eigenvalue weighted by Crippen LogP contribution is -2.41. The van der Waals surface area contributed by atoms with E-state index in [0.29, 0.717) is 12.2 Å². The second-order valence-electron chi connectivity index (χ2n) is 6.18. The molecule has 130 valence electrons. The SMILES string of the molecule is COc1cccc2c1CCN(C(=O)c1cnccn1)C2c1ccccc1. The summed E-state index contributed by atoms with van der Waals surface area (Å²) in [6, 6.07) is 15.9. The molecule has 0 aliphatic carbocycles. The molecular formula is C21H19N3O2. The van der Waals surface area contributed by atoms with Crippen molar-refractivity contribution in [1.82, 2.24) is 14.9 Å². The van der Waals surface area contributed by atoms with Crippen LogP contribution < -0.4 is 4.74 Å². The molecule has 0 bridgehead atoms. The molecule has 1 aromatic heterocycles. The van der Waals surface area contributed by atoms with Gasteiger partial charge in [-0.25, -0.2) is 4.98 Å². The second-order valence-corrected chi connectivity index (χ2v) is 6.18. The van der Waals surface area contributed by atoms with E-state index in [1.807, 2.05) is 35.2 Å². The third-order valence-electron chi connectivity index (χ3n) is 4.76. The van der Waals surface area contributed by atoms with E-state index in [1.54, 1.807) is 19.5 Å². The maximum atomic E-state index is 13.1. The summed E-state index contributed by atoms with van der Waals surface area (Å²) in [7, 11) is 1.68. The van der Waals surface area contributed by atoms with Crippen LogP contribution in [0.2, 0.25) is 0 Å². The van der Waals surface area contributed by atoms with Gasteiger partial charge in [0.25, 0.3) is 5.91 Å². The smallest absolute Gasteiger partial charge is 0.274 e. The van der Waals surface area contributed by atoms with Gasteiger partial charge in [-0.2, -0.15) is 0 Å². The number of ether oxygens (including phenoxy) is 1. The number of nitrogens with zero attached hydrogens (tertiary/aromatic N) is 3. The highest BCUT2D eigenvalue weighted by atomic mass is 16.5. The maximum absolute atomic E-state index is 13.1. The van der Waals surface area contributed by atoms with E-state index in [2.05, 4.69) is 28.2 Å². The van der Waals surface area contributed by atoms with Crippen LogP contribution in [0.15, 0.2) is 67.1 Å². The molecule has 1 atom stereocenters. The van der Waals surface area contributed by atoms with Gasteiger partial charge in [-0.1, -0.05) is 42.5 Å². The zero-order chi connectivity index (χ0) is 17.9. The maximum Gasteiger partial charge on any atom is 0.274 e. The molecule has 5 heteroatoms. The standard InChI is InChI=1S/C21H19N3O2/c1-26-19-9-5-8-17-16(19)10-13-24(20(17)15-6-3-2-4-7-15)21(25)18-14-22-11-12-23-18/h2-9,11-12,14,20H,10,13H2,1H3. The van der Waals surface area contributed by atoms with Gasteiger partial charge in [0, 0.05) is 24.5 Å². The number of carbonyl (C=O) groups is 1. The number of hydrogen-bond donors (Lipinski definition) is 0. The lowest BCUT2D eigenvalue weighted by Gasteiger charge is -2.38. The van der Waals surface area contributed by atoms with Crippen LogP contribution in [0.3, 0.4) is 0 Å². The fourth-order valence-corrected chi connectivity index (χ4v) is 3.60. The number of fused-ring (bicyclic) bond motifs is 1. The highest BCUT2D eigenvalue weighted by Crippen LogP contribution is 2.39.